The Morgan fingerprint density at radius 1 is 1.00 bits per heavy atom. The van der Waals surface area contributed by atoms with E-state index in [4.69, 9.17) is 0 Å². The molecule has 0 saturated heterocycles. The van der Waals surface area contributed by atoms with E-state index in [-0.39, 0.29) is 23.1 Å². The molecule has 2 N–H and O–H groups in total. The molecule has 8 nitrogen and oxygen atoms in total. The van der Waals surface area contributed by atoms with Gasteiger partial charge < -0.3 is 15.5 Å². The maximum atomic E-state index is 13.0. The quantitative estimate of drug-likeness (QED) is 0.713. The molecule has 164 valence electrons. The molecule has 0 aliphatic carbocycles. The van der Waals surface area contributed by atoms with Gasteiger partial charge in [-0.25, -0.2) is 8.42 Å². The topological polar surface area (TPSA) is 113 Å². The lowest BCUT2D eigenvalue weighted by Gasteiger charge is -2.16. The van der Waals surface area contributed by atoms with Crippen LogP contribution in [0.2, 0.25) is 0 Å². The summed E-state index contributed by atoms with van der Waals surface area (Å²) in [4.78, 5) is 36.9. The van der Waals surface area contributed by atoms with Gasteiger partial charge in [0.05, 0.1) is 10.1 Å². The third kappa shape index (κ3) is 5.11. The standard InChI is InChI=1S/C22H25N3O5S/c1-14(12-22(28)24-19-6-4-18(5-7-19)23-15(2)26)31(29,30)20-8-9-21-17(13-20)10-11-25(21)16(3)27/h4-9,13-14H,10-12H2,1-3H3,(H,23,26)(H,24,28). The lowest BCUT2D eigenvalue weighted by molar-refractivity contribution is -0.117. The molecule has 3 rings (SSSR count). The Morgan fingerprint density at radius 2 is 1.61 bits per heavy atom. The molecule has 3 amide bonds. The van der Waals surface area contributed by atoms with E-state index < -0.39 is 21.0 Å². The molecule has 0 fully saturated rings. The maximum absolute atomic E-state index is 13.0. The molecule has 0 saturated carbocycles. The van der Waals surface area contributed by atoms with Crippen molar-refractivity contribution in [3.63, 3.8) is 0 Å². The second-order valence-corrected chi connectivity index (χ2v) is 9.94. The summed E-state index contributed by atoms with van der Waals surface area (Å²) in [5, 5.41) is 4.38. The van der Waals surface area contributed by atoms with Gasteiger partial charge in [0, 0.05) is 43.9 Å². The first kappa shape index (κ1) is 22.5. The summed E-state index contributed by atoms with van der Waals surface area (Å²) in [7, 11) is -3.72. The molecular weight excluding hydrogens is 418 g/mol. The van der Waals surface area contributed by atoms with Crippen LogP contribution >= 0.6 is 0 Å². The van der Waals surface area contributed by atoms with Crippen LogP contribution in [0.25, 0.3) is 0 Å². The third-order valence-electron chi connectivity index (χ3n) is 5.15. The fourth-order valence-corrected chi connectivity index (χ4v) is 4.94. The summed E-state index contributed by atoms with van der Waals surface area (Å²) in [6.45, 7) is 4.92. The minimum absolute atomic E-state index is 0.0792. The van der Waals surface area contributed by atoms with Crippen molar-refractivity contribution in [1.29, 1.82) is 0 Å². The minimum atomic E-state index is -3.72. The van der Waals surface area contributed by atoms with Gasteiger partial charge in [0.1, 0.15) is 0 Å². The normalized spacial score (nSPS) is 14.0. The molecule has 0 bridgehead atoms. The average Bonchev–Trinajstić information content (AvgIpc) is 3.12. The second kappa shape index (κ2) is 8.89. The zero-order chi connectivity index (χ0) is 22.8. The van der Waals surface area contributed by atoms with Crippen LogP contribution in [-0.4, -0.2) is 37.9 Å². The highest BCUT2D eigenvalue weighted by atomic mass is 32.2. The summed E-state index contributed by atoms with van der Waals surface area (Å²) in [6.07, 6.45) is 0.397. The number of fused-ring (bicyclic) bond motifs is 1. The summed E-state index contributed by atoms with van der Waals surface area (Å²) in [5.74, 6) is -0.701. The van der Waals surface area contributed by atoms with Gasteiger partial charge in [-0.1, -0.05) is 0 Å². The highest BCUT2D eigenvalue weighted by Crippen LogP contribution is 2.31. The van der Waals surface area contributed by atoms with Gasteiger partial charge in [-0.2, -0.15) is 0 Å². The van der Waals surface area contributed by atoms with Gasteiger partial charge >= 0.3 is 0 Å². The van der Waals surface area contributed by atoms with Crippen LogP contribution in [-0.2, 0) is 30.6 Å². The van der Waals surface area contributed by atoms with E-state index in [2.05, 4.69) is 10.6 Å². The first-order valence-corrected chi connectivity index (χ1v) is 11.4. The number of sulfone groups is 1. The zero-order valence-corrected chi connectivity index (χ0v) is 18.5. The molecule has 1 atom stereocenters. The van der Waals surface area contributed by atoms with E-state index in [1.54, 1.807) is 41.3 Å². The van der Waals surface area contributed by atoms with E-state index in [9.17, 15) is 22.8 Å². The number of hydrogen-bond acceptors (Lipinski definition) is 5. The molecule has 0 aromatic heterocycles. The van der Waals surface area contributed by atoms with Crippen molar-refractivity contribution in [3.8, 4) is 0 Å². The Balaban J connectivity index is 1.67. The van der Waals surface area contributed by atoms with Gasteiger partial charge in [0.25, 0.3) is 0 Å². The Labute approximate surface area is 181 Å². The van der Waals surface area contributed by atoms with Crippen molar-refractivity contribution in [3.05, 3.63) is 48.0 Å². The van der Waals surface area contributed by atoms with Crippen LogP contribution < -0.4 is 15.5 Å². The monoisotopic (exact) mass is 443 g/mol. The molecule has 31 heavy (non-hydrogen) atoms. The molecule has 1 aliphatic heterocycles. The third-order valence-corrected chi connectivity index (χ3v) is 7.28. The predicted octanol–water partition coefficient (Wildman–Crippen LogP) is 2.75. The van der Waals surface area contributed by atoms with Gasteiger partial charge in [-0.3, -0.25) is 14.4 Å². The van der Waals surface area contributed by atoms with E-state index in [0.29, 0.717) is 24.3 Å². The first-order valence-electron chi connectivity index (χ1n) is 9.90. The van der Waals surface area contributed by atoms with E-state index in [1.807, 2.05) is 0 Å². The van der Waals surface area contributed by atoms with Crippen LogP contribution in [0.5, 0.6) is 0 Å². The summed E-state index contributed by atoms with van der Waals surface area (Å²) < 4.78 is 26.0. The number of rotatable bonds is 6. The number of anilines is 3. The zero-order valence-electron chi connectivity index (χ0n) is 17.6. The Morgan fingerprint density at radius 3 is 2.19 bits per heavy atom. The molecule has 2 aromatic carbocycles. The Hall–Kier alpha value is -3.20. The molecule has 1 unspecified atom stereocenters. The smallest absolute Gasteiger partial charge is 0.225 e. The SMILES string of the molecule is CC(=O)Nc1ccc(NC(=O)CC(C)S(=O)(=O)c2ccc3c(c2)CCN3C(C)=O)cc1. The molecule has 2 aromatic rings. The maximum Gasteiger partial charge on any atom is 0.225 e. The predicted molar refractivity (Wildman–Crippen MR) is 119 cm³/mol. The number of amides is 3. The number of benzene rings is 2. The van der Waals surface area contributed by atoms with Crippen LogP contribution in [0.15, 0.2) is 47.4 Å². The molecule has 9 heteroatoms. The summed E-state index contributed by atoms with van der Waals surface area (Å²) >= 11 is 0. The van der Waals surface area contributed by atoms with Gasteiger partial charge in [-0.05, 0) is 61.4 Å². The van der Waals surface area contributed by atoms with Gasteiger partial charge in [0.2, 0.25) is 17.7 Å². The second-order valence-electron chi connectivity index (χ2n) is 7.58. The molecular formula is C22H25N3O5S. The number of carbonyl (C=O) groups excluding carboxylic acids is 3. The highest BCUT2D eigenvalue weighted by molar-refractivity contribution is 7.92. The number of nitrogens with one attached hydrogen (secondary N) is 2. The average molecular weight is 444 g/mol. The summed E-state index contributed by atoms with van der Waals surface area (Å²) in [6, 6.07) is 11.3. The van der Waals surface area contributed by atoms with Crippen molar-refractivity contribution in [2.45, 2.75) is 43.8 Å². The van der Waals surface area contributed by atoms with Crippen LogP contribution in [0, 0.1) is 0 Å². The van der Waals surface area contributed by atoms with Gasteiger partial charge in [0.15, 0.2) is 9.84 Å². The van der Waals surface area contributed by atoms with Crippen molar-refractivity contribution < 1.29 is 22.8 Å². The highest BCUT2D eigenvalue weighted by Gasteiger charge is 2.29. The van der Waals surface area contributed by atoms with Gasteiger partial charge in [-0.15, -0.1) is 0 Å². The lowest BCUT2D eigenvalue weighted by atomic mass is 10.2. The molecule has 0 spiro atoms. The molecule has 0 radical (unpaired) electrons. The van der Waals surface area contributed by atoms with E-state index in [1.165, 1.54) is 26.8 Å². The fraction of sp³-hybridized carbons (Fsp3) is 0.318. The van der Waals surface area contributed by atoms with Crippen molar-refractivity contribution >= 4 is 44.6 Å². The number of nitrogens with zero attached hydrogens (tertiary/aromatic N) is 1. The largest absolute Gasteiger partial charge is 0.326 e. The fourth-order valence-electron chi connectivity index (χ4n) is 3.54. The lowest BCUT2D eigenvalue weighted by Crippen LogP contribution is -2.26. The van der Waals surface area contributed by atoms with E-state index >= 15 is 0 Å². The summed E-state index contributed by atoms with van der Waals surface area (Å²) in [5.41, 5.74) is 2.65. The van der Waals surface area contributed by atoms with Crippen LogP contribution in [0.4, 0.5) is 17.1 Å². The minimum Gasteiger partial charge on any atom is -0.326 e. The number of carbonyl (C=O) groups is 3. The Bertz CT molecular complexity index is 1130. The van der Waals surface area contributed by atoms with Crippen molar-refractivity contribution in [1.82, 2.24) is 0 Å². The van der Waals surface area contributed by atoms with Crippen molar-refractivity contribution in [2.24, 2.45) is 0 Å². The Kier molecular flexibility index (Phi) is 6.45. The van der Waals surface area contributed by atoms with E-state index in [0.717, 1.165) is 11.3 Å². The molecule has 1 aliphatic rings. The van der Waals surface area contributed by atoms with Crippen LogP contribution in [0.3, 0.4) is 0 Å². The number of hydrogen-bond donors (Lipinski definition) is 2. The first-order chi connectivity index (χ1) is 14.6. The van der Waals surface area contributed by atoms with Crippen LogP contribution in [0.1, 0.15) is 32.8 Å². The molecule has 1 heterocycles. The van der Waals surface area contributed by atoms with Crippen molar-refractivity contribution in [2.75, 3.05) is 22.1 Å².